The van der Waals surface area contributed by atoms with Gasteiger partial charge in [-0.3, -0.25) is 4.79 Å². The van der Waals surface area contributed by atoms with Gasteiger partial charge >= 0.3 is 70.8 Å². The summed E-state index contributed by atoms with van der Waals surface area (Å²) in [6, 6.07) is -0.431. The average Bonchev–Trinajstić information content (AvgIpc) is 1.85. The Morgan fingerprint density at radius 2 is 1.82 bits per heavy atom. The van der Waals surface area contributed by atoms with Crippen molar-refractivity contribution < 1.29 is 14.8 Å². The van der Waals surface area contributed by atoms with Gasteiger partial charge in [0.25, 0.3) is 0 Å². The molecule has 0 amide bonds. The molecule has 68 valence electrons. The molecular formula is C4H9I3NO2V. The number of carboxylic acids is 1. The van der Waals surface area contributed by atoms with E-state index in [1.807, 2.05) is 0 Å². The van der Waals surface area contributed by atoms with Crippen molar-refractivity contribution in [2.24, 2.45) is 0 Å². The molecule has 7 heteroatoms. The molecule has 0 radical (unpaired) electrons. The molecule has 3 nitrogen and oxygen atoms in total. The third kappa shape index (κ3) is 18.9. The molecule has 2 N–H and O–H groups in total. The Morgan fingerprint density at radius 1 is 1.55 bits per heavy atom. The normalized spacial score (nSPS) is 11.8. The van der Waals surface area contributed by atoms with E-state index < -0.39 is 12.0 Å². The third-order valence-corrected chi connectivity index (χ3v) is 0.803. The van der Waals surface area contributed by atoms with Crippen LogP contribution < -0.4 is 5.32 Å². The second-order valence-electron chi connectivity index (χ2n) is 1.54. The SMILES string of the molecule is CNC(C)C(=O)O.[I][V]([I])[I]. The zero-order valence-electron chi connectivity index (χ0n) is 6.01. The van der Waals surface area contributed by atoms with Gasteiger partial charge in [0.1, 0.15) is 6.04 Å². The minimum atomic E-state index is -0.817. The van der Waals surface area contributed by atoms with Crippen LogP contribution in [0.4, 0.5) is 0 Å². The van der Waals surface area contributed by atoms with E-state index in [1.54, 1.807) is 14.0 Å². The van der Waals surface area contributed by atoms with Gasteiger partial charge in [-0.25, -0.2) is 0 Å². The fourth-order valence-corrected chi connectivity index (χ4v) is 0.123. The summed E-state index contributed by atoms with van der Waals surface area (Å²) in [5.41, 5.74) is 0. The van der Waals surface area contributed by atoms with Crippen LogP contribution in [-0.4, -0.2) is 24.2 Å². The quantitative estimate of drug-likeness (QED) is 0.535. The Morgan fingerprint density at radius 3 is 1.82 bits per heavy atom. The van der Waals surface area contributed by atoms with Gasteiger partial charge in [0.05, 0.1) is 0 Å². The van der Waals surface area contributed by atoms with E-state index in [0.29, 0.717) is 0 Å². The van der Waals surface area contributed by atoms with Crippen LogP contribution in [0.2, 0.25) is 0 Å². The number of rotatable bonds is 2. The summed E-state index contributed by atoms with van der Waals surface area (Å²) in [6.07, 6.45) is 0. The molecule has 0 bridgehead atoms. The fraction of sp³-hybridized carbons (Fsp3) is 0.750. The Balaban J connectivity index is 0. The van der Waals surface area contributed by atoms with Crippen molar-refractivity contribution in [1.29, 1.82) is 0 Å². The van der Waals surface area contributed by atoms with Gasteiger partial charge in [-0.05, 0) is 14.0 Å². The van der Waals surface area contributed by atoms with E-state index in [1.165, 1.54) is 0 Å². The zero-order chi connectivity index (χ0) is 9.44. The molecule has 0 heterocycles. The maximum atomic E-state index is 9.87. The summed E-state index contributed by atoms with van der Waals surface area (Å²) in [5.74, 6) is -0.817. The number of carbonyl (C=O) groups is 1. The molecule has 0 spiro atoms. The predicted molar refractivity (Wildman–Crippen MR) is 68.2 cm³/mol. The molecule has 0 fully saturated rings. The summed E-state index contributed by atoms with van der Waals surface area (Å²) in [6.45, 7) is 1.59. The van der Waals surface area contributed by atoms with Crippen LogP contribution in [0.15, 0.2) is 0 Å². The van der Waals surface area contributed by atoms with Gasteiger partial charge in [-0.1, -0.05) is 0 Å². The number of nitrogens with one attached hydrogen (secondary N) is 1. The molecule has 0 aliphatic heterocycles. The molecule has 0 aromatic rings. The molecular weight excluding hydrogens is 526 g/mol. The second-order valence-corrected chi connectivity index (χ2v) is 36.9. The first kappa shape index (κ1) is 15.7. The molecule has 0 aliphatic carbocycles. The van der Waals surface area contributed by atoms with Crippen molar-refractivity contribution in [3.63, 3.8) is 0 Å². The van der Waals surface area contributed by atoms with Crippen LogP contribution in [0.3, 0.4) is 0 Å². The van der Waals surface area contributed by atoms with Crippen LogP contribution in [-0.2, 0) is 9.72 Å². The number of halogens is 3. The second kappa shape index (κ2) is 10.3. The van der Waals surface area contributed by atoms with Crippen LogP contribution in [0.5, 0.6) is 0 Å². The first-order chi connectivity index (χ1) is 4.91. The summed E-state index contributed by atoms with van der Waals surface area (Å²) < 4.78 is 0. The van der Waals surface area contributed by atoms with Crippen molar-refractivity contribution in [3.05, 3.63) is 0 Å². The summed E-state index contributed by atoms with van der Waals surface area (Å²) in [5, 5.41) is 10.7. The molecule has 1 atom stereocenters. The summed E-state index contributed by atoms with van der Waals surface area (Å²) in [7, 11) is 1.61. The van der Waals surface area contributed by atoms with Gasteiger partial charge < -0.3 is 10.4 Å². The molecule has 0 saturated carbocycles. The molecule has 0 rings (SSSR count). The Labute approximate surface area is 104 Å². The molecule has 0 saturated heterocycles. The number of hydrogen-bond acceptors (Lipinski definition) is 2. The average molecular weight is 535 g/mol. The van der Waals surface area contributed by atoms with Crippen molar-refractivity contribution in [2.45, 2.75) is 13.0 Å². The van der Waals surface area contributed by atoms with Crippen molar-refractivity contribution >= 4 is 65.9 Å². The van der Waals surface area contributed by atoms with E-state index in [4.69, 9.17) is 5.11 Å². The summed E-state index contributed by atoms with van der Waals surface area (Å²) >= 11 is 7.39. The summed E-state index contributed by atoms with van der Waals surface area (Å²) in [4.78, 5) is 9.59. The Kier molecular flexibility index (Phi) is 14.7. The minimum absolute atomic E-state index is 0.278. The number of likely N-dealkylation sites (N-methyl/N-ethyl adjacent to an activating group) is 1. The number of carboxylic acid groups (broad SMARTS) is 1. The van der Waals surface area contributed by atoms with Crippen molar-refractivity contribution in [1.82, 2.24) is 5.32 Å². The van der Waals surface area contributed by atoms with Crippen LogP contribution >= 0.6 is 59.9 Å². The zero-order valence-corrected chi connectivity index (χ0v) is 13.9. The molecule has 0 aliphatic rings. The van der Waals surface area contributed by atoms with Crippen LogP contribution in [0.1, 0.15) is 6.92 Å². The van der Waals surface area contributed by atoms with Crippen LogP contribution in [0.25, 0.3) is 0 Å². The molecule has 1 unspecified atom stereocenters. The number of aliphatic carboxylic acids is 1. The predicted octanol–water partition coefficient (Wildman–Crippen LogP) is 2.33. The van der Waals surface area contributed by atoms with Gasteiger partial charge in [0, 0.05) is 0 Å². The fourth-order valence-electron chi connectivity index (χ4n) is 0.123. The van der Waals surface area contributed by atoms with Crippen LogP contribution in [0, 0.1) is 0 Å². The Bertz CT molecular complexity index is 111. The standard InChI is InChI=1S/C4H9NO2.3HI.V/c1-3(5-2)4(6)7;;;;/h3,5H,1-2H3,(H,6,7);3*1H;/q;;;;+3/p-3. The molecule has 0 aromatic carbocycles. The topological polar surface area (TPSA) is 49.3 Å². The molecule has 11 heavy (non-hydrogen) atoms. The van der Waals surface area contributed by atoms with Gasteiger partial charge in [0.2, 0.25) is 0 Å². The van der Waals surface area contributed by atoms with Crippen molar-refractivity contribution in [3.8, 4) is 0 Å². The molecule has 0 aromatic heterocycles. The van der Waals surface area contributed by atoms with E-state index in [0.717, 1.165) is 0 Å². The first-order valence-corrected chi connectivity index (χ1v) is 16.1. The van der Waals surface area contributed by atoms with E-state index in [-0.39, 0.29) is 4.92 Å². The Hall–Kier alpha value is 2.20. The number of hydrogen-bond donors (Lipinski definition) is 2. The van der Waals surface area contributed by atoms with Gasteiger partial charge in [0.15, 0.2) is 0 Å². The van der Waals surface area contributed by atoms with E-state index >= 15 is 0 Å². The van der Waals surface area contributed by atoms with Gasteiger partial charge in [-0.2, -0.15) is 0 Å². The third-order valence-electron chi connectivity index (χ3n) is 0.803. The van der Waals surface area contributed by atoms with E-state index in [2.05, 4.69) is 65.3 Å². The van der Waals surface area contributed by atoms with Crippen molar-refractivity contribution in [2.75, 3.05) is 7.05 Å². The first-order valence-electron chi connectivity index (χ1n) is 2.59. The maximum absolute atomic E-state index is 9.87. The monoisotopic (exact) mass is 535 g/mol. The van der Waals surface area contributed by atoms with E-state index in [9.17, 15) is 4.79 Å². The van der Waals surface area contributed by atoms with Gasteiger partial charge in [-0.15, -0.1) is 0 Å².